The minimum absolute atomic E-state index is 0.0231. The number of rotatable bonds is 18. The van der Waals surface area contributed by atoms with Gasteiger partial charge in [-0.25, -0.2) is 4.79 Å². The van der Waals surface area contributed by atoms with Gasteiger partial charge in [0.2, 0.25) is 23.6 Å². The predicted molar refractivity (Wildman–Crippen MR) is 142 cm³/mol. The first-order chi connectivity index (χ1) is 18.8. The van der Waals surface area contributed by atoms with Gasteiger partial charge < -0.3 is 49.1 Å². The summed E-state index contributed by atoms with van der Waals surface area (Å²) in [6, 6.07) is 2.89. The van der Waals surface area contributed by atoms with E-state index in [0.29, 0.717) is 5.56 Å². The van der Waals surface area contributed by atoms with Gasteiger partial charge in [-0.1, -0.05) is 30.3 Å². The van der Waals surface area contributed by atoms with Crippen molar-refractivity contribution in [2.45, 2.75) is 62.7 Å². The summed E-state index contributed by atoms with van der Waals surface area (Å²) in [5, 5.41) is 25.8. The minimum Gasteiger partial charge on any atom is -0.481 e. The number of benzene rings is 1. The number of amides is 4. The van der Waals surface area contributed by atoms with Crippen molar-refractivity contribution in [1.82, 2.24) is 16.0 Å². The molecule has 220 valence electrons. The van der Waals surface area contributed by atoms with E-state index in [1.807, 2.05) is 0 Å². The third-order valence-corrected chi connectivity index (χ3v) is 5.53. The maximum absolute atomic E-state index is 13.1. The SMILES string of the molecule is NC(=O)CCC(N)C(=O)NC(CC(=O)O)C(=O)NC(Cc1ccccc1)C(=O)NC(CCCN=C(N)N)C(=O)O. The van der Waals surface area contributed by atoms with Crippen LogP contribution in [0, 0.1) is 0 Å². The summed E-state index contributed by atoms with van der Waals surface area (Å²) in [5.41, 5.74) is 21.9. The van der Waals surface area contributed by atoms with Crippen LogP contribution < -0.4 is 38.9 Å². The van der Waals surface area contributed by atoms with Gasteiger partial charge in [0, 0.05) is 19.4 Å². The topological polar surface area (TPSA) is 295 Å². The molecule has 0 spiro atoms. The van der Waals surface area contributed by atoms with Crippen LogP contribution >= 0.6 is 0 Å². The first-order valence-corrected chi connectivity index (χ1v) is 12.3. The molecule has 0 bridgehead atoms. The molecule has 0 aliphatic carbocycles. The maximum Gasteiger partial charge on any atom is 0.326 e. The van der Waals surface area contributed by atoms with E-state index < -0.39 is 66.2 Å². The largest absolute Gasteiger partial charge is 0.481 e. The molecule has 0 aromatic heterocycles. The molecular formula is C24H36N8O8. The lowest BCUT2D eigenvalue weighted by molar-refractivity contribution is -0.143. The van der Waals surface area contributed by atoms with Gasteiger partial charge in [-0.2, -0.15) is 0 Å². The molecule has 4 amide bonds. The van der Waals surface area contributed by atoms with Gasteiger partial charge >= 0.3 is 11.9 Å². The van der Waals surface area contributed by atoms with E-state index in [1.165, 1.54) is 0 Å². The average Bonchev–Trinajstić information content (AvgIpc) is 2.87. The Kier molecular flexibility index (Phi) is 14.1. The fourth-order valence-corrected chi connectivity index (χ4v) is 3.46. The molecule has 4 unspecified atom stereocenters. The predicted octanol–water partition coefficient (Wildman–Crippen LogP) is -3.11. The van der Waals surface area contributed by atoms with E-state index in [4.69, 9.17) is 22.9 Å². The Balaban J connectivity index is 3.09. The number of carbonyl (C=O) groups excluding carboxylic acids is 4. The van der Waals surface area contributed by atoms with Gasteiger partial charge in [0.05, 0.1) is 12.5 Å². The third-order valence-electron chi connectivity index (χ3n) is 5.53. The fraction of sp³-hybridized carbons (Fsp3) is 0.458. The van der Waals surface area contributed by atoms with E-state index >= 15 is 0 Å². The van der Waals surface area contributed by atoms with Crippen LogP contribution in [0.4, 0.5) is 0 Å². The second kappa shape index (κ2) is 17.0. The molecule has 0 saturated heterocycles. The van der Waals surface area contributed by atoms with Gasteiger partial charge in [0.15, 0.2) is 5.96 Å². The minimum atomic E-state index is -1.63. The number of guanidine groups is 1. The number of hydrogen-bond acceptors (Lipinski definition) is 8. The Bertz CT molecular complexity index is 1080. The lowest BCUT2D eigenvalue weighted by Gasteiger charge is -2.25. The summed E-state index contributed by atoms with van der Waals surface area (Å²) < 4.78 is 0. The highest BCUT2D eigenvalue weighted by atomic mass is 16.4. The van der Waals surface area contributed by atoms with E-state index in [1.54, 1.807) is 30.3 Å². The van der Waals surface area contributed by atoms with Crippen molar-refractivity contribution >= 4 is 41.5 Å². The molecule has 13 N–H and O–H groups in total. The van der Waals surface area contributed by atoms with Crippen molar-refractivity contribution in [1.29, 1.82) is 0 Å². The average molecular weight is 565 g/mol. The highest BCUT2D eigenvalue weighted by molar-refractivity contribution is 5.95. The summed E-state index contributed by atoms with van der Waals surface area (Å²) in [6.07, 6.45) is -1.06. The van der Waals surface area contributed by atoms with Gasteiger partial charge in [0.1, 0.15) is 18.1 Å². The summed E-state index contributed by atoms with van der Waals surface area (Å²) >= 11 is 0. The highest BCUT2D eigenvalue weighted by Crippen LogP contribution is 2.07. The number of nitrogens with one attached hydrogen (secondary N) is 3. The second-order valence-corrected chi connectivity index (χ2v) is 8.87. The molecule has 1 aromatic rings. The van der Waals surface area contributed by atoms with E-state index in [9.17, 15) is 39.0 Å². The molecule has 0 saturated carbocycles. The first-order valence-electron chi connectivity index (χ1n) is 12.3. The molecule has 0 aliphatic heterocycles. The quantitative estimate of drug-likeness (QED) is 0.0488. The van der Waals surface area contributed by atoms with E-state index in [0.717, 1.165) is 0 Å². The van der Waals surface area contributed by atoms with Crippen LogP contribution in [0.15, 0.2) is 35.3 Å². The number of carboxylic acid groups (broad SMARTS) is 2. The zero-order valence-corrected chi connectivity index (χ0v) is 21.7. The second-order valence-electron chi connectivity index (χ2n) is 8.87. The number of primary amides is 1. The molecular weight excluding hydrogens is 528 g/mol. The van der Waals surface area contributed by atoms with E-state index in [2.05, 4.69) is 20.9 Å². The highest BCUT2D eigenvalue weighted by Gasteiger charge is 2.31. The zero-order valence-electron chi connectivity index (χ0n) is 21.7. The molecule has 1 aromatic carbocycles. The van der Waals surface area contributed by atoms with Gasteiger partial charge in [-0.3, -0.25) is 29.0 Å². The molecule has 4 atom stereocenters. The van der Waals surface area contributed by atoms with Gasteiger partial charge in [0.25, 0.3) is 0 Å². The summed E-state index contributed by atoms with van der Waals surface area (Å²) in [4.78, 5) is 76.5. The van der Waals surface area contributed by atoms with E-state index in [-0.39, 0.29) is 44.6 Å². The lowest BCUT2D eigenvalue weighted by Crippen LogP contribution is -2.58. The lowest BCUT2D eigenvalue weighted by atomic mass is 10.0. The number of nitrogens with zero attached hydrogens (tertiary/aromatic N) is 1. The van der Waals surface area contributed by atoms with Crippen LogP contribution in [0.5, 0.6) is 0 Å². The Hall–Kier alpha value is -4.73. The zero-order chi connectivity index (χ0) is 30.2. The third kappa shape index (κ3) is 13.2. The van der Waals surface area contributed by atoms with Crippen LogP contribution in [0.1, 0.15) is 37.7 Å². The van der Waals surface area contributed by atoms with Gasteiger partial charge in [-0.15, -0.1) is 0 Å². The van der Waals surface area contributed by atoms with Crippen molar-refractivity contribution in [3.05, 3.63) is 35.9 Å². The van der Waals surface area contributed by atoms with Crippen molar-refractivity contribution in [3.8, 4) is 0 Å². The molecule has 16 heteroatoms. The van der Waals surface area contributed by atoms with Crippen molar-refractivity contribution in [3.63, 3.8) is 0 Å². The summed E-state index contributed by atoms with van der Waals surface area (Å²) in [6.45, 7) is 0.129. The molecule has 16 nitrogen and oxygen atoms in total. The number of aliphatic carboxylic acids is 2. The van der Waals surface area contributed by atoms with Crippen LogP contribution in [0.25, 0.3) is 0 Å². The van der Waals surface area contributed by atoms with Crippen LogP contribution in [0.3, 0.4) is 0 Å². The number of nitrogens with two attached hydrogens (primary N) is 4. The summed E-state index contributed by atoms with van der Waals surface area (Å²) in [5.74, 6) is -6.41. The normalized spacial score (nSPS) is 13.5. The maximum atomic E-state index is 13.1. The van der Waals surface area contributed by atoms with Crippen molar-refractivity contribution < 1.29 is 39.0 Å². The fourth-order valence-electron chi connectivity index (χ4n) is 3.46. The van der Waals surface area contributed by atoms with Crippen LogP contribution in [-0.2, 0) is 35.2 Å². The Morgan fingerprint density at radius 3 is 1.93 bits per heavy atom. The molecule has 0 heterocycles. The smallest absolute Gasteiger partial charge is 0.326 e. The standard InChI is InChI=1S/C24H36N8O8/c25-14(8-9-18(26)33)20(36)31-17(12-19(34)35)22(38)32-16(11-13-5-2-1-3-6-13)21(37)30-15(23(39)40)7-4-10-29-24(27)28/h1-3,5-6,14-17H,4,7-12,25H2,(H2,26,33)(H,30,37)(H,31,36)(H,32,38)(H,34,35)(H,39,40)(H4,27,28,29). The monoisotopic (exact) mass is 564 g/mol. The molecule has 1 rings (SSSR count). The first kappa shape index (κ1) is 33.3. The molecule has 40 heavy (non-hydrogen) atoms. The number of carbonyl (C=O) groups is 6. The van der Waals surface area contributed by atoms with Crippen molar-refractivity contribution in [2.24, 2.45) is 27.9 Å². The van der Waals surface area contributed by atoms with Crippen LogP contribution in [0.2, 0.25) is 0 Å². The number of carboxylic acids is 2. The number of aliphatic imine (C=N–C) groups is 1. The molecule has 0 fully saturated rings. The Labute approximate surface area is 229 Å². The molecule has 0 aliphatic rings. The van der Waals surface area contributed by atoms with Crippen molar-refractivity contribution in [2.75, 3.05) is 6.54 Å². The number of hydrogen-bond donors (Lipinski definition) is 9. The Morgan fingerprint density at radius 2 is 1.38 bits per heavy atom. The Morgan fingerprint density at radius 1 is 0.800 bits per heavy atom. The molecule has 0 radical (unpaired) electrons. The summed E-state index contributed by atoms with van der Waals surface area (Å²) in [7, 11) is 0. The van der Waals surface area contributed by atoms with Crippen LogP contribution in [-0.4, -0.2) is 82.5 Å². The van der Waals surface area contributed by atoms with Gasteiger partial charge in [-0.05, 0) is 24.8 Å².